The summed E-state index contributed by atoms with van der Waals surface area (Å²) in [5, 5.41) is 4.99. The predicted octanol–water partition coefficient (Wildman–Crippen LogP) is 7.73. The number of rotatable bonds is 6. The summed E-state index contributed by atoms with van der Waals surface area (Å²) in [6.45, 7) is 7.37. The zero-order valence-corrected chi connectivity index (χ0v) is 23.9. The average Bonchev–Trinajstić information content (AvgIpc) is 3.39. The molecule has 3 rings (SSSR count). The number of alkyl halides is 4. The van der Waals surface area contributed by atoms with Crippen molar-refractivity contribution in [1.82, 2.24) is 14.8 Å². The minimum absolute atomic E-state index is 0.0551. The number of aliphatic imine (C=N–C) groups is 1. The van der Waals surface area contributed by atoms with Gasteiger partial charge in [-0.25, -0.2) is 0 Å². The number of nitrogens with zero attached hydrogens (tertiary/aromatic N) is 3. The zero-order valence-electron chi connectivity index (χ0n) is 22.4. The number of H-pyrrole nitrogens is 1. The highest BCUT2D eigenvalue weighted by Crippen LogP contribution is 2.29. The molecule has 0 aliphatic carbocycles. The summed E-state index contributed by atoms with van der Waals surface area (Å²) in [5.74, 6) is 0.542. The fraction of sp³-hybridized carbons (Fsp3) is 0.462. The summed E-state index contributed by atoms with van der Waals surface area (Å²) >= 11 is 10.8. The number of aryl methyl sites for hydroxylation is 1. The lowest BCUT2D eigenvalue weighted by Gasteiger charge is -2.09. The molecule has 11 heteroatoms. The van der Waals surface area contributed by atoms with Crippen molar-refractivity contribution in [2.75, 3.05) is 26.7 Å². The van der Waals surface area contributed by atoms with Crippen LogP contribution in [0.25, 0.3) is 11.6 Å². The Morgan fingerprint density at radius 2 is 1.97 bits per heavy atom. The molecule has 1 N–H and O–H groups in total. The molecule has 37 heavy (non-hydrogen) atoms. The largest absolute Gasteiger partial charge is 0.411 e. The number of halogens is 5. The van der Waals surface area contributed by atoms with Crippen LogP contribution in [-0.2, 0) is 23.1 Å². The van der Waals surface area contributed by atoms with E-state index in [4.69, 9.17) is 27.9 Å². The van der Waals surface area contributed by atoms with Crippen LogP contribution in [0.2, 0.25) is 0 Å². The normalized spacial score (nSPS) is 13.7. The Bertz CT molecular complexity index is 1020. The number of nitrogens with one attached hydrogen (secondary N) is 1. The van der Waals surface area contributed by atoms with E-state index in [1.54, 1.807) is 17.9 Å². The first-order valence-electron chi connectivity index (χ1n) is 11.6. The van der Waals surface area contributed by atoms with Crippen molar-refractivity contribution in [2.24, 2.45) is 12.0 Å². The van der Waals surface area contributed by atoms with Crippen LogP contribution in [0.3, 0.4) is 0 Å². The molecule has 0 bridgehead atoms. The van der Waals surface area contributed by atoms with E-state index in [0.717, 1.165) is 34.5 Å². The van der Waals surface area contributed by atoms with E-state index in [0.29, 0.717) is 12.4 Å². The van der Waals surface area contributed by atoms with Crippen LogP contribution in [-0.4, -0.2) is 53.9 Å². The molecule has 3 heterocycles. The quantitative estimate of drug-likeness (QED) is 0.288. The Morgan fingerprint density at radius 3 is 2.43 bits per heavy atom. The summed E-state index contributed by atoms with van der Waals surface area (Å²) < 4.78 is 43.8. The molecule has 1 aliphatic heterocycles. The molecule has 6 nitrogen and oxygen atoms in total. The summed E-state index contributed by atoms with van der Waals surface area (Å²) in [7, 11) is 4.65. The standard InChI is InChI=1S/C15H18N4O.C6H8Cl2.C3H5F3O.C2H6/c1-10(20-3)14-7-17-15-8-16-5-11(4-13(14)15)12-6-18-19(2)9-12;1-6(8)4-2-3-5-7;1-7-2-3(4,5)6;1-2/h4-7,9-10,17H,8H2,1-3H3;2-4H,5H2,1H3;2H2,1H3;1-2H3/b;3-2-,6-4+;;. The number of aromatic amines is 1. The molecule has 0 spiro atoms. The SMILES string of the molecule is C/C(Cl)=C\C=C/CCl.CC.COC(C)c1c[nH]c2c1C=C(c1cnn(C)c1)C=NC2.COCC(F)(F)F. The molecule has 0 aromatic carbocycles. The molecule has 0 saturated carbocycles. The van der Waals surface area contributed by atoms with Gasteiger partial charge in [-0.15, -0.1) is 11.6 Å². The third kappa shape index (κ3) is 14.3. The number of aromatic nitrogens is 3. The minimum Gasteiger partial charge on any atom is -0.377 e. The molecule has 2 aromatic heterocycles. The average molecular weight is 566 g/mol. The van der Waals surface area contributed by atoms with Crippen molar-refractivity contribution in [2.45, 2.75) is 46.5 Å². The van der Waals surface area contributed by atoms with Crippen LogP contribution in [0.15, 0.2) is 46.8 Å². The molecular weight excluding hydrogens is 528 g/mol. The number of methoxy groups -OCH3 is 2. The summed E-state index contributed by atoms with van der Waals surface area (Å²) in [6.07, 6.45) is 11.3. The van der Waals surface area contributed by atoms with Gasteiger partial charge in [-0.05, 0) is 26.0 Å². The lowest BCUT2D eigenvalue weighted by Crippen LogP contribution is -2.14. The topological polar surface area (TPSA) is 64.4 Å². The third-order valence-electron chi connectivity index (χ3n) is 4.51. The second-order valence-electron chi connectivity index (χ2n) is 7.37. The minimum atomic E-state index is -4.17. The highest BCUT2D eigenvalue weighted by molar-refractivity contribution is 6.29. The van der Waals surface area contributed by atoms with Gasteiger partial charge in [-0.1, -0.05) is 37.6 Å². The van der Waals surface area contributed by atoms with Crippen molar-refractivity contribution >= 4 is 41.1 Å². The van der Waals surface area contributed by atoms with Crippen LogP contribution in [0.5, 0.6) is 0 Å². The molecular formula is C26H37Cl2F3N4O2. The Morgan fingerprint density at radius 1 is 1.30 bits per heavy atom. The molecule has 208 valence electrons. The number of hydrogen-bond acceptors (Lipinski definition) is 4. The molecule has 1 atom stereocenters. The maximum atomic E-state index is 10.9. The second-order valence-corrected chi connectivity index (χ2v) is 8.28. The third-order valence-corrected chi connectivity index (χ3v) is 4.81. The zero-order chi connectivity index (χ0) is 28.4. The van der Waals surface area contributed by atoms with E-state index in [-0.39, 0.29) is 6.10 Å². The Hall–Kier alpha value is -2.33. The fourth-order valence-electron chi connectivity index (χ4n) is 2.83. The number of hydrogen-bond donors (Lipinski definition) is 1. The van der Waals surface area contributed by atoms with Gasteiger partial charge in [-0.3, -0.25) is 9.67 Å². The van der Waals surface area contributed by atoms with Gasteiger partial charge in [0.15, 0.2) is 0 Å². The first-order chi connectivity index (χ1) is 17.5. The van der Waals surface area contributed by atoms with E-state index in [1.807, 2.05) is 71.7 Å². The van der Waals surface area contributed by atoms with Crippen molar-refractivity contribution in [3.05, 3.63) is 64.2 Å². The van der Waals surface area contributed by atoms with Crippen molar-refractivity contribution in [1.29, 1.82) is 0 Å². The van der Waals surface area contributed by atoms with Crippen molar-refractivity contribution in [3.63, 3.8) is 0 Å². The van der Waals surface area contributed by atoms with Gasteiger partial charge in [0.25, 0.3) is 0 Å². The van der Waals surface area contributed by atoms with Gasteiger partial charge in [0.1, 0.15) is 6.61 Å². The van der Waals surface area contributed by atoms with E-state index in [9.17, 15) is 13.2 Å². The molecule has 0 amide bonds. The summed E-state index contributed by atoms with van der Waals surface area (Å²) in [6, 6.07) is 0. The van der Waals surface area contributed by atoms with Gasteiger partial charge in [0.2, 0.25) is 0 Å². The number of ether oxygens (including phenoxy) is 2. The Labute approximate surface area is 227 Å². The van der Waals surface area contributed by atoms with Crippen LogP contribution in [0, 0.1) is 0 Å². The van der Waals surface area contributed by atoms with Gasteiger partial charge >= 0.3 is 6.18 Å². The van der Waals surface area contributed by atoms with Gasteiger partial charge in [-0.2, -0.15) is 18.3 Å². The predicted molar refractivity (Wildman–Crippen MR) is 148 cm³/mol. The van der Waals surface area contributed by atoms with E-state index < -0.39 is 12.8 Å². The first kappa shape index (κ1) is 34.7. The monoisotopic (exact) mass is 564 g/mol. The number of allylic oxidation sites excluding steroid dienone is 5. The number of fused-ring (bicyclic) bond motifs is 1. The lowest BCUT2D eigenvalue weighted by atomic mass is 10.0. The highest BCUT2D eigenvalue weighted by Gasteiger charge is 2.26. The maximum Gasteiger partial charge on any atom is 0.411 e. The van der Waals surface area contributed by atoms with E-state index in [1.165, 1.54) is 5.56 Å². The maximum absolute atomic E-state index is 10.9. The molecule has 1 unspecified atom stereocenters. The van der Waals surface area contributed by atoms with Gasteiger partial charge < -0.3 is 14.5 Å². The molecule has 0 radical (unpaired) electrons. The smallest absolute Gasteiger partial charge is 0.377 e. The summed E-state index contributed by atoms with van der Waals surface area (Å²) in [5.41, 5.74) is 5.60. The van der Waals surface area contributed by atoms with E-state index in [2.05, 4.69) is 25.9 Å². The first-order valence-corrected chi connectivity index (χ1v) is 12.5. The van der Waals surface area contributed by atoms with Crippen LogP contribution in [0.1, 0.15) is 56.2 Å². The van der Waals surface area contributed by atoms with Crippen molar-refractivity contribution < 1.29 is 22.6 Å². The van der Waals surface area contributed by atoms with Crippen LogP contribution < -0.4 is 0 Å². The van der Waals surface area contributed by atoms with Crippen LogP contribution >= 0.6 is 23.2 Å². The Balaban J connectivity index is 0.000000635. The second kappa shape index (κ2) is 18.8. The molecule has 2 aromatic rings. The fourth-order valence-corrected chi connectivity index (χ4v) is 3.01. The molecule has 0 fully saturated rings. The van der Waals surface area contributed by atoms with Crippen molar-refractivity contribution in [3.8, 4) is 0 Å². The highest BCUT2D eigenvalue weighted by atomic mass is 35.5. The molecule has 1 aliphatic rings. The Kier molecular flexibility index (Phi) is 17.7. The molecule has 0 saturated heterocycles. The lowest BCUT2D eigenvalue weighted by molar-refractivity contribution is -0.167. The van der Waals surface area contributed by atoms with Crippen LogP contribution in [0.4, 0.5) is 13.2 Å². The summed E-state index contributed by atoms with van der Waals surface area (Å²) in [4.78, 5) is 7.77. The van der Waals surface area contributed by atoms with Gasteiger partial charge in [0, 0.05) is 78.7 Å². The van der Waals surface area contributed by atoms with Gasteiger partial charge in [0.05, 0.1) is 18.8 Å². The van der Waals surface area contributed by atoms with E-state index >= 15 is 0 Å².